The number of amides is 1. The van der Waals surface area contributed by atoms with E-state index in [2.05, 4.69) is 11.9 Å². The number of thioether (sulfide) groups is 1. The largest absolute Gasteiger partial charge is 0.490 e. The molecule has 1 aliphatic rings. The minimum Gasteiger partial charge on any atom is -0.490 e. The Morgan fingerprint density at radius 2 is 1.96 bits per heavy atom. The number of benzene rings is 2. The molecule has 2 aromatic carbocycles. The average Bonchev–Trinajstić information content (AvgIpc) is 2.90. The second kappa shape index (κ2) is 9.15. The van der Waals surface area contributed by atoms with Gasteiger partial charge in [-0.15, -0.1) is 18.3 Å². The average molecular weight is 367 g/mol. The quantitative estimate of drug-likeness (QED) is 0.453. The molecule has 0 fully saturated rings. The molecule has 0 spiro atoms. The van der Waals surface area contributed by atoms with Crippen LogP contribution in [-0.2, 0) is 4.79 Å². The fourth-order valence-corrected chi connectivity index (χ4v) is 3.22. The van der Waals surface area contributed by atoms with Gasteiger partial charge < -0.3 is 14.8 Å². The first-order chi connectivity index (χ1) is 12.8. The van der Waals surface area contributed by atoms with Gasteiger partial charge in [0.1, 0.15) is 0 Å². The van der Waals surface area contributed by atoms with Crippen molar-refractivity contribution in [2.75, 3.05) is 24.3 Å². The molecule has 3 rings (SSSR count). The second-order valence-electron chi connectivity index (χ2n) is 5.68. The number of hydrogen-bond acceptors (Lipinski definition) is 4. The zero-order valence-electron chi connectivity index (χ0n) is 14.4. The first-order valence-corrected chi connectivity index (χ1v) is 9.46. The van der Waals surface area contributed by atoms with Gasteiger partial charge in [-0.1, -0.05) is 24.3 Å². The normalized spacial score (nSPS) is 13.2. The molecule has 0 aliphatic carbocycles. The van der Waals surface area contributed by atoms with Crippen LogP contribution in [0.2, 0.25) is 0 Å². The first kappa shape index (κ1) is 18.1. The predicted octanol–water partition coefficient (Wildman–Crippen LogP) is 4.78. The Morgan fingerprint density at radius 1 is 1.15 bits per heavy atom. The van der Waals surface area contributed by atoms with Gasteiger partial charge in [0.2, 0.25) is 5.91 Å². The van der Waals surface area contributed by atoms with Crippen molar-refractivity contribution < 1.29 is 14.3 Å². The molecule has 0 atom stereocenters. The lowest BCUT2D eigenvalue weighted by atomic mass is 10.2. The fourth-order valence-electron chi connectivity index (χ4n) is 2.47. The van der Waals surface area contributed by atoms with Crippen molar-refractivity contribution in [2.45, 2.75) is 11.3 Å². The van der Waals surface area contributed by atoms with E-state index < -0.39 is 0 Å². The topological polar surface area (TPSA) is 47.6 Å². The summed E-state index contributed by atoms with van der Waals surface area (Å²) in [5.74, 6) is 2.08. The van der Waals surface area contributed by atoms with Crippen LogP contribution in [0.1, 0.15) is 12.0 Å². The third-order valence-electron chi connectivity index (χ3n) is 3.70. The van der Waals surface area contributed by atoms with Gasteiger partial charge in [0, 0.05) is 23.1 Å². The fraction of sp³-hybridized carbons (Fsp3) is 0.190. The second-order valence-corrected chi connectivity index (χ2v) is 6.74. The predicted molar refractivity (Wildman–Crippen MR) is 107 cm³/mol. The van der Waals surface area contributed by atoms with Crippen LogP contribution in [0, 0.1) is 0 Å². The summed E-state index contributed by atoms with van der Waals surface area (Å²) in [6.45, 7) is 5.03. The lowest BCUT2D eigenvalue weighted by Gasteiger charge is -2.09. The summed E-state index contributed by atoms with van der Waals surface area (Å²) in [6, 6.07) is 13.4. The zero-order chi connectivity index (χ0) is 18.2. The molecular formula is C21H21NO3S. The SMILES string of the molecule is C=CCSc1ccccc1NC(=O)/C=C/c1ccc2c(c1)OCCCO2. The molecule has 0 saturated carbocycles. The van der Waals surface area contributed by atoms with Crippen LogP contribution in [0.25, 0.3) is 6.08 Å². The van der Waals surface area contributed by atoms with E-state index in [0.29, 0.717) is 13.2 Å². The molecule has 1 N–H and O–H groups in total. The van der Waals surface area contributed by atoms with E-state index in [1.54, 1.807) is 17.8 Å². The maximum atomic E-state index is 12.3. The lowest BCUT2D eigenvalue weighted by molar-refractivity contribution is -0.111. The monoisotopic (exact) mass is 367 g/mol. The van der Waals surface area contributed by atoms with Crippen LogP contribution in [0.15, 0.2) is 66.1 Å². The molecule has 134 valence electrons. The van der Waals surface area contributed by atoms with E-state index in [9.17, 15) is 4.79 Å². The van der Waals surface area contributed by atoms with E-state index in [-0.39, 0.29) is 5.91 Å². The number of rotatable bonds is 6. The van der Waals surface area contributed by atoms with Crippen LogP contribution in [0.3, 0.4) is 0 Å². The minimum absolute atomic E-state index is 0.177. The van der Waals surface area contributed by atoms with Gasteiger partial charge in [0.15, 0.2) is 11.5 Å². The van der Waals surface area contributed by atoms with E-state index in [0.717, 1.165) is 39.8 Å². The van der Waals surface area contributed by atoms with Crippen molar-refractivity contribution in [1.82, 2.24) is 0 Å². The van der Waals surface area contributed by atoms with Crippen LogP contribution < -0.4 is 14.8 Å². The standard InChI is InChI=1S/C21H21NO3S/c1-2-14-26-20-7-4-3-6-17(20)22-21(23)11-9-16-8-10-18-19(15-16)25-13-5-12-24-18/h2-4,6-11,15H,1,5,12-14H2,(H,22,23)/b11-9+. The summed E-state index contributed by atoms with van der Waals surface area (Å²) in [5, 5.41) is 2.93. The molecule has 5 heteroatoms. The number of fused-ring (bicyclic) bond motifs is 1. The molecule has 1 amide bonds. The number of ether oxygens (including phenoxy) is 2. The number of anilines is 1. The Morgan fingerprint density at radius 3 is 2.81 bits per heavy atom. The number of carbonyl (C=O) groups excluding carboxylic acids is 1. The Kier molecular flexibility index (Phi) is 6.39. The molecule has 1 heterocycles. The number of nitrogens with one attached hydrogen (secondary N) is 1. The van der Waals surface area contributed by atoms with Crippen molar-refractivity contribution >= 4 is 29.4 Å². The van der Waals surface area contributed by atoms with E-state index in [1.807, 2.05) is 48.5 Å². The summed E-state index contributed by atoms with van der Waals surface area (Å²) in [6.07, 6.45) is 6.00. The Labute approximate surface area is 157 Å². The highest BCUT2D eigenvalue weighted by molar-refractivity contribution is 7.99. The van der Waals surface area contributed by atoms with Crippen molar-refractivity contribution in [2.24, 2.45) is 0 Å². The van der Waals surface area contributed by atoms with Gasteiger partial charge in [-0.25, -0.2) is 0 Å². The molecular weight excluding hydrogens is 346 g/mol. The number of hydrogen-bond donors (Lipinski definition) is 1. The third-order valence-corrected chi connectivity index (χ3v) is 4.77. The molecule has 2 aromatic rings. The molecule has 0 unspecified atom stereocenters. The molecule has 0 bridgehead atoms. The molecule has 26 heavy (non-hydrogen) atoms. The Bertz CT molecular complexity index is 817. The van der Waals surface area contributed by atoms with Gasteiger partial charge in [-0.05, 0) is 35.9 Å². The third kappa shape index (κ3) is 4.92. The maximum Gasteiger partial charge on any atom is 0.248 e. The van der Waals surface area contributed by atoms with Crippen LogP contribution in [-0.4, -0.2) is 24.9 Å². The van der Waals surface area contributed by atoms with Crippen molar-refractivity contribution in [3.8, 4) is 11.5 Å². The van der Waals surface area contributed by atoms with Crippen molar-refractivity contribution in [3.63, 3.8) is 0 Å². The summed E-state index contributed by atoms with van der Waals surface area (Å²) in [4.78, 5) is 13.3. The van der Waals surface area contributed by atoms with Gasteiger partial charge >= 0.3 is 0 Å². The molecule has 1 aliphatic heterocycles. The van der Waals surface area contributed by atoms with Crippen LogP contribution in [0.5, 0.6) is 11.5 Å². The molecule has 0 saturated heterocycles. The van der Waals surface area contributed by atoms with E-state index in [1.165, 1.54) is 6.08 Å². The van der Waals surface area contributed by atoms with Crippen LogP contribution in [0.4, 0.5) is 5.69 Å². The van der Waals surface area contributed by atoms with Gasteiger partial charge in [0.25, 0.3) is 0 Å². The highest BCUT2D eigenvalue weighted by Crippen LogP contribution is 2.31. The first-order valence-electron chi connectivity index (χ1n) is 8.48. The Hall–Kier alpha value is -2.66. The molecule has 0 aromatic heterocycles. The maximum absolute atomic E-state index is 12.3. The summed E-state index contributed by atoms with van der Waals surface area (Å²) in [5.41, 5.74) is 1.69. The number of carbonyl (C=O) groups is 1. The summed E-state index contributed by atoms with van der Waals surface area (Å²) >= 11 is 1.63. The van der Waals surface area contributed by atoms with Crippen molar-refractivity contribution in [3.05, 3.63) is 66.8 Å². The molecule has 0 radical (unpaired) electrons. The van der Waals surface area contributed by atoms with E-state index in [4.69, 9.17) is 9.47 Å². The van der Waals surface area contributed by atoms with Crippen LogP contribution >= 0.6 is 11.8 Å². The minimum atomic E-state index is -0.177. The van der Waals surface area contributed by atoms with Gasteiger partial charge in [0.05, 0.1) is 18.9 Å². The number of para-hydroxylation sites is 1. The van der Waals surface area contributed by atoms with E-state index >= 15 is 0 Å². The smallest absolute Gasteiger partial charge is 0.248 e. The van der Waals surface area contributed by atoms with Gasteiger partial charge in [-0.3, -0.25) is 4.79 Å². The summed E-state index contributed by atoms with van der Waals surface area (Å²) < 4.78 is 11.3. The summed E-state index contributed by atoms with van der Waals surface area (Å²) in [7, 11) is 0. The molecule has 4 nitrogen and oxygen atoms in total. The highest BCUT2D eigenvalue weighted by atomic mass is 32.2. The highest BCUT2D eigenvalue weighted by Gasteiger charge is 2.10. The van der Waals surface area contributed by atoms with Gasteiger partial charge in [-0.2, -0.15) is 0 Å². The Balaban J connectivity index is 1.67. The lowest BCUT2D eigenvalue weighted by Crippen LogP contribution is -2.08. The zero-order valence-corrected chi connectivity index (χ0v) is 15.3. The van der Waals surface area contributed by atoms with Crippen molar-refractivity contribution in [1.29, 1.82) is 0 Å².